The second-order valence-electron chi connectivity index (χ2n) is 4.92. The van der Waals surface area contributed by atoms with Crippen molar-refractivity contribution in [3.63, 3.8) is 0 Å². The molecule has 0 aromatic carbocycles. The van der Waals surface area contributed by atoms with E-state index in [4.69, 9.17) is 4.55 Å². The van der Waals surface area contributed by atoms with Crippen LogP contribution in [-0.4, -0.2) is 25.6 Å². The smallest absolute Gasteiger partial charge is 0.282 e. The molecule has 1 heterocycles. The molecule has 1 N–H and O–H groups in total. The monoisotopic (exact) mass is 283 g/mol. The van der Waals surface area contributed by atoms with E-state index in [0.717, 1.165) is 12.0 Å². The van der Waals surface area contributed by atoms with Gasteiger partial charge in [0.15, 0.2) is 0 Å². The van der Waals surface area contributed by atoms with Gasteiger partial charge in [-0.25, -0.2) is 0 Å². The van der Waals surface area contributed by atoms with Crippen molar-refractivity contribution in [1.82, 2.24) is 5.06 Å². The Balaban J connectivity index is 1.99. The Morgan fingerprint density at radius 2 is 2.05 bits per heavy atom. The van der Waals surface area contributed by atoms with E-state index in [1.165, 1.54) is 0 Å². The predicted molar refractivity (Wildman–Crippen MR) is 65.3 cm³/mol. The fraction of sp³-hybridized carbons (Fsp3) is 0.500. The standard InChI is InChI=1S/C12H13NO5S/c14-11-8-5-1-3-7-4-2-6-9(10(7)8)12(15)13(11)18-19(16)17/h1,3-4,8-10H,2,5-6H2,(H,16,17). The second kappa shape index (κ2) is 4.66. The number of hydrogen-bond donors (Lipinski definition) is 1. The van der Waals surface area contributed by atoms with Gasteiger partial charge in [-0.2, -0.15) is 4.21 Å². The van der Waals surface area contributed by atoms with E-state index in [9.17, 15) is 13.8 Å². The zero-order valence-corrected chi connectivity index (χ0v) is 10.8. The summed E-state index contributed by atoms with van der Waals surface area (Å²) in [4.78, 5) is 24.4. The number of nitrogens with zero attached hydrogens (tertiary/aromatic N) is 1. The van der Waals surface area contributed by atoms with Crippen molar-refractivity contribution >= 4 is 23.2 Å². The molecule has 0 aromatic rings. The van der Waals surface area contributed by atoms with Gasteiger partial charge in [-0.15, -0.1) is 9.35 Å². The highest BCUT2D eigenvalue weighted by molar-refractivity contribution is 7.74. The van der Waals surface area contributed by atoms with Crippen LogP contribution in [0, 0.1) is 17.8 Å². The fourth-order valence-electron chi connectivity index (χ4n) is 3.25. The fourth-order valence-corrected chi connectivity index (χ4v) is 3.52. The van der Waals surface area contributed by atoms with Gasteiger partial charge >= 0.3 is 11.4 Å². The van der Waals surface area contributed by atoms with Crippen molar-refractivity contribution in [2.45, 2.75) is 19.3 Å². The van der Waals surface area contributed by atoms with Crippen LogP contribution in [0.15, 0.2) is 23.8 Å². The van der Waals surface area contributed by atoms with Gasteiger partial charge in [0.2, 0.25) is 0 Å². The molecule has 2 amide bonds. The Kier molecular flexibility index (Phi) is 3.12. The van der Waals surface area contributed by atoms with Crippen molar-refractivity contribution in [1.29, 1.82) is 0 Å². The third-order valence-electron chi connectivity index (χ3n) is 3.98. The van der Waals surface area contributed by atoms with E-state index in [2.05, 4.69) is 10.4 Å². The van der Waals surface area contributed by atoms with E-state index in [1.807, 2.05) is 12.2 Å². The number of carbonyl (C=O) groups is 2. The lowest BCUT2D eigenvalue weighted by Gasteiger charge is -2.43. The van der Waals surface area contributed by atoms with Crippen LogP contribution in [0.4, 0.5) is 0 Å². The molecule has 0 aromatic heterocycles. The molecule has 7 heteroatoms. The second-order valence-corrected chi connectivity index (χ2v) is 5.50. The zero-order chi connectivity index (χ0) is 13.6. The normalized spacial score (nSPS) is 34.9. The Bertz CT molecular complexity index is 526. The van der Waals surface area contributed by atoms with Gasteiger partial charge in [-0.3, -0.25) is 14.1 Å². The zero-order valence-electron chi connectivity index (χ0n) is 10.0. The number of amides is 2. The molecule has 4 atom stereocenters. The number of allylic oxidation sites excluding steroid dienone is 4. The van der Waals surface area contributed by atoms with Crippen molar-refractivity contribution in [3.05, 3.63) is 23.8 Å². The molecule has 0 radical (unpaired) electrons. The molecule has 0 spiro atoms. The SMILES string of the molecule is O=C1C2CC=CC3=CCCC(C(=O)N1OS(=O)O)C32. The molecule has 3 rings (SSSR count). The van der Waals surface area contributed by atoms with E-state index in [0.29, 0.717) is 17.9 Å². The topological polar surface area (TPSA) is 83.9 Å². The van der Waals surface area contributed by atoms with Crippen LogP contribution in [0.1, 0.15) is 19.3 Å². The van der Waals surface area contributed by atoms with Crippen molar-refractivity contribution in [3.8, 4) is 0 Å². The van der Waals surface area contributed by atoms with E-state index in [-0.39, 0.29) is 17.8 Å². The van der Waals surface area contributed by atoms with Crippen LogP contribution in [-0.2, 0) is 25.2 Å². The lowest BCUT2D eigenvalue weighted by Crippen LogP contribution is -2.55. The molecular weight excluding hydrogens is 270 g/mol. The summed E-state index contributed by atoms with van der Waals surface area (Å²) < 4.78 is 23.9. The Hall–Kier alpha value is -1.31. The Morgan fingerprint density at radius 1 is 1.32 bits per heavy atom. The number of imide groups is 1. The Morgan fingerprint density at radius 3 is 2.79 bits per heavy atom. The van der Waals surface area contributed by atoms with Gasteiger partial charge in [-0.05, 0) is 24.8 Å². The lowest BCUT2D eigenvalue weighted by atomic mass is 9.65. The van der Waals surface area contributed by atoms with Gasteiger partial charge < -0.3 is 0 Å². The number of piperidine rings is 1. The number of carbonyl (C=O) groups excluding carboxylic acids is 2. The highest BCUT2D eigenvalue weighted by atomic mass is 32.2. The average molecular weight is 283 g/mol. The van der Waals surface area contributed by atoms with Gasteiger partial charge in [-0.1, -0.05) is 18.2 Å². The maximum Gasteiger partial charge on any atom is 0.325 e. The van der Waals surface area contributed by atoms with Crippen LogP contribution >= 0.6 is 0 Å². The number of hydroxylamine groups is 2. The highest BCUT2D eigenvalue weighted by Crippen LogP contribution is 2.45. The third kappa shape index (κ3) is 1.98. The minimum Gasteiger partial charge on any atom is -0.282 e. The summed E-state index contributed by atoms with van der Waals surface area (Å²) in [5.41, 5.74) is 1.03. The molecule has 6 nitrogen and oxygen atoms in total. The summed E-state index contributed by atoms with van der Waals surface area (Å²) in [5, 5.41) is 0.490. The van der Waals surface area contributed by atoms with Crippen LogP contribution in [0.5, 0.6) is 0 Å². The van der Waals surface area contributed by atoms with E-state index in [1.54, 1.807) is 0 Å². The van der Waals surface area contributed by atoms with E-state index < -0.39 is 23.2 Å². The maximum atomic E-state index is 12.2. The first-order valence-electron chi connectivity index (χ1n) is 6.13. The van der Waals surface area contributed by atoms with Crippen LogP contribution in [0.3, 0.4) is 0 Å². The summed E-state index contributed by atoms with van der Waals surface area (Å²) in [6.45, 7) is 0. The third-order valence-corrected chi connectivity index (χ3v) is 4.26. The van der Waals surface area contributed by atoms with Crippen LogP contribution < -0.4 is 0 Å². The first-order chi connectivity index (χ1) is 9.09. The lowest BCUT2D eigenvalue weighted by molar-refractivity contribution is -0.187. The first-order valence-corrected chi connectivity index (χ1v) is 7.16. The molecule has 4 unspecified atom stereocenters. The van der Waals surface area contributed by atoms with Crippen molar-refractivity contribution in [2.75, 3.05) is 0 Å². The molecule has 0 bridgehead atoms. The molecule has 2 aliphatic carbocycles. The minimum absolute atomic E-state index is 0.106. The summed E-state index contributed by atoms with van der Waals surface area (Å²) in [6.07, 6.45) is 7.87. The molecule has 102 valence electrons. The molecule has 1 saturated heterocycles. The van der Waals surface area contributed by atoms with Gasteiger partial charge in [0.05, 0.1) is 5.92 Å². The molecule has 19 heavy (non-hydrogen) atoms. The predicted octanol–water partition coefficient (Wildman–Crippen LogP) is 0.952. The molecule has 1 aliphatic heterocycles. The van der Waals surface area contributed by atoms with Gasteiger partial charge in [0.25, 0.3) is 11.8 Å². The van der Waals surface area contributed by atoms with Crippen LogP contribution in [0.25, 0.3) is 0 Å². The van der Waals surface area contributed by atoms with Crippen LogP contribution in [0.2, 0.25) is 0 Å². The molecule has 0 saturated carbocycles. The molecule has 1 fully saturated rings. The van der Waals surface area contributed by atoms with Gasteiger partial charge in [0.1, 0.15) is 0 Å². The summed E-state index contributed by atoms with van der Waals surface area (Å²) in [5.74, 6) is -1.84. The summed E-state index contributed by atoms with van der Waals surface area (Å²) >= 11 is -2.67. The molecular formula is C12H13NO5S. The van der Waals surface area contributed by atoms with Gasteiger partial charge in [0, 0.05) is 11.8 Å². The summed E-state index contributed by atoms with van der Waals surface area (Å²) in [6, 6.07) is 0. The first kappa shape index (κ1) is 12.7. The molecule has 3 aliphatic rings. The quantitative estimate of drug-likeness (QED) is 0.602. The average Bonchev–Trinajstić information content (AvgIpc) is 2.40. The van der Waals surface area contributed by atoms with E-state index >= 15 is 0 Å². The number of hydrogen-bond acceptors (Lipinski definition) is 4. The van der Waals surface area contributed by atoms with Crippen molar-refractivity contribution < 1.29 is 22.6 Å². The Labute approximate surface area is 112 Å². The minimum atomic E-state index is -2.67. The summed E-state index contributed by atoms with van der Waals surface area (Å²) in [7, 11) is 0. The number of rotatable bonds is 2. The largest absolute Gasteiger partial charge is 0.325 e. The highest BCUT2D eigenvalue weighted by Gasteiger charge is 2.51. The maximum absolute atomic E-state index is 12.2. The van der Waals surface area contributed by atoms with Crippen molar-refractivity contribution in [2.24, 2.45) is 17.8 Å².